The second-order valence-electron chi connectivity index (χ2n) is 5.29. The van der Waals surface area contributed by atoms with Gasteiger partial charge in [-0.2, -0.15) is 0 Å². The predicted octanol–water partition coefficient (Wildman–Crippen LogP) is 2.42. The summed E-state index contributed by atoms with van der Waals surface area (Å²) in [6.45, 7) is 0.502. The van der Waals surface area contributed by atoms with Crippen molar-refractivity contribution in [2.24, 2.45) is 5.73 Å². The highest BCUT2D eigenvalue weighted by Gasteiger charge is 2.15. The molecule has 4 N–H and O–H groups in total. The number of carbonyl (C=O) groups excluding carboxylic acids is 1. The zero-order valence-corrected chi connectivity index (χ0v) is 11.6. The lowest BCUT2D eigenvalue weighted by Gasteiger charge is -2.22. The highest BCUT2D eigenvalue weighted by Crippen LogP contribution is 2.17. The van der Waals surface area contributed by atoms with Gasteiger partial charge in [-0.1, -0.05) is 31.4 Å². The van der Waals surface area contributed by atoms with Crippen LogP contribution in [0.1, 0.15) is 43.2 Å². The maximum Gasteiger partial charge on any atom is 0.315 e. The number of urea groups is 1. The average molecular weight is 279 g/mol. The van der Waals surface area contributed by atoms with E-state index in [0.717, 1.165) is 18.4 Å². The van der Waals surface area contributed by atoms with Gasteiger partial charge in [0.05, 0.1) is 0 Å². The number of nitrogens with two attached hydrogens (primary N) is 1. The van der Waals surface area contributed by atoms with Crippen molar-refractivity contribution in [2.45, 2.75) is 51.2 Å². The molecule has 0 bridgehead atoms. The van der Waals surface area contributed by atoms with Crippen molar-refractivity contribution in [3.63, 3.8) is 0 Å². The van der Waals surface area contributed by atoms with E-state index in [1.54, 1.807) is 12.1 Å². The Morgan fingerprint density at radius 1 is 1.30 bits per heavy atom. The fourth-order valence-corrected chi connectivity index (χ4v) is 2.52. The van der Waals surface area contributed by atoms with Crippen LogP contribution in [-0.2, 0) is 13.1 Å². The molecule has 0 aliphatic heterocycles. The SMILES string of the molecule is NCc1ccc(CNC(=O)NC2CCCCC2)c(F)c1. The summed E-state index contributed by atoms with van der Waals surface area (Å²) in [6, 6.07) is 4.89. The minimum atomic E-state index is -0.328. The fourth-order valence-electron chi connectivity index (χ4n) is 2.52. The van der Waals surface area contributed by atoms with Crippen LogP contribution in [0.25, 0.3) is 0 Å². The molecule has 0 unspecified atom stereocenters. The third-order valence-corrected chi connectivity index (χ3v) is 3.73. The van der Waals surface area contributed by atoms with Crippen molar-refractivity contribution in [2.75, 3.05) is 0 Å². The number of hydrogen-bond acceptors (Lipinski definition) is 2. The highest BCUT2D eigenvalue weighted by molar-refractivity contribution is 5.74. The maximum atomic E-state index is 13.7. The molecule has 0 spiro atoms. The summed E-state index contributed by atoms with van der Waals surface area (Å²) in [6.07, 6.45) is 5.65. The molecule has 5 heteroatoms. The van der Waals surface area contributed by atoms with Gasteiger partial charge in [-0.3, -0.25) is 0 Å². The number of carbonyl (C=O) groups is 1. The normalized spacial score (nSPS) is 15.9. The van der Waals surface area contributed by atoms with Crippen LogP contribution in [0.4, 0.5) is 9.18 Å². The van der Waals surface area contributed by atoms with Gasteiger partial charge < -0.3 is 16.4 Å². The number of nitrogens with one attached hydrogen (secondary N) is 2. The number of benzene rings is 1. The largest absolute Gasteiger partial charge is 0.335 e. The molecule has 1 fully saturated rings. The third-order valence-electron chi connectivity index (χ3n) is 3.73. The molecule has 1 saturated carbocycles. The van der Waals surface area contributed by atoms with Crippen LogP contribution >= 0.6 is 0 Å². The minimum absolute atomic E-state index is 0.190. The Balaban J connectivity index is 1.80. The summed E-state index contributed by atoms with van der Waals surface area (Å²) >= 11 is 0. The molecule has 20 heavy (non-hydrogen) atoms. The summed E-state index contributed by atoms with van der Waals surface area (Å²) < 4.78 is 13.7. The first-order chi connectivity index (χ1) is 9.69. The van der Waals surface area contributed by atoms with E-state index in [1.807, 2.05) is 0 Å². The van der Waals surface area contributed by atoms with E-state index in [2.05, 4.69) is 10.6 Å². The zero-order valence-electron chi connectivity index (χ0n) is 11.6. The summed E-state index contributed by atoms with van der Waals surface area (Å²) in [5.74, 6) is -0.328. The van der Waals surface area contributed by atoms with Gasteiger partial charge in [-0.15, -0.1) is 0 Å². The van der Waals surface area contributed by atoms with Crippen molar-refractivity contribution >= 4 is 6.03 Å². The predicted molar refractivity (Wildman–Crippen MR) is 76.5 cm³/mol. The summed E-state index contributed by atoms with van der Waals surface area (Å²) in [5.41, 5.74) is 6.67. The van der Waals surface area contributed by atoms with E-state index < -0.39 is 0 Å². The lowest BCUT2D eigenvalue weighted by atomic mass is 9.96. The number of amides is 2. The summed E-state index contributed by atoms with van der Waals surface area (Å²) in [5, 5.41) is 5.64. The lowest BCUT2D eigenvalue weighted by Crippen LogP contribution is -2.42. The first-order valence-electron chi connectivity index (χ1n) is 7.21. The monoisotopic (exact) mass is 279 g/mol. The Kier molecular flexibility index (Phi) is 5.35. The smallest absolute Gasteiger partial charge is 0.315 e. The molecule has 1 aromatic carbocycles. The van der Waals surface area contributed by atoms with Crippen LogP contribution < -0.4 is 16.4 Å². The summed E-state index contributed by atoms with van der Waals surface area (Å²) in [4.78, 5) is 11.8. The molecule has 0 radical (unpaired) electrons. The topological polar surface area (TPSA) is 67.1 Å². The molecule has 0 aromatic heterocycles. The standard InChI is InChI=1S/C15H22FN3O/c16-14-8-11(9-17)6-7-12(14)10-18-15(20)19-13-4-2-1-3-5-13/h6-8,13H,1-5,9-10,17H2,(H2,18,19,20). The van der Waals surface area contributed by atoms with Gasteiger partial charge in [-0.05, 0) is 24.5 Å². The van der Waals surface area contributed by atoms with Crippen molar-refractivity contribution in [3.8, 4) is 0 Å². The fraction of sp³-hybridized carbons (Fsp3) is 0.533. The lowest BCUT2D eigenvalue weighted by molar-refractivity contribution is 0.232. The Hall–Kier alpha value is -1.62. The second kappa shape index (κ2) is 7.24. The Morgan fingerprint density at radius 3 is 2.70 bits per heavy atom. The van der Waals surface area contributed by atoms with E-state index >= 15 is 0 Å². The molecule has 0 saturated heterocycles. The van der Waals surface area contributed by atoms with E-state index in [0.29, 0.717) is 12.1 Å². The summed E-state index contributed by atoms with van der Waals surface area (Å²) in [7, 11) is 0. The van der Waals surface area contributed by atoms with Crippen LogP contribution in [-0.4, -0.2) is 12.1 Å². The van der Waals surface area contributed by atoms with Gasteiger partial charge in [-0.25, -0.2) is 9.18 Å². The molecule has 1 aliphatic carbocycles. The molecule has 1 aromatic rings. The van der Waals surface area contributed by atoms with Crippen LogP contribution in [0.15, 0.2) is 18.2 Å². The molecular weight excluding hydrogens is 257 g/mol. The average Bonchev–Trinajstić information content (AvgIpc) is 2.47. The van der Waals surface area contributed by atoms with E-state index in [1.165, 1.54) is 25.3 Å². The molecule has 2 amide bonds. The Labute approximate surface area is 118 Å². The quantitative estimate of drug-likeness (QED) is 0.792. The van der Waals surface area contributed by atoms with E-state index in [4.69, 9.17) is 5.73 Å². The van der Waals surface area contributed by atoms with Gasteiger partial charge in [0.1, 0.15) is 5.82 Å². The highest BCUT2D eigenvalue weighted by atomic mass is 19.1. The second-order valence-corrected chi connectivity index (χ2v) is 5.29. The first kappa shape index (κ1) is 14.8. The van der Waals surface area contributed by atoms with Crippen molar-refractivity contribution in [3.05, 3.63) is 35.1 Å². The first-order valence-corrected chi connectivity index (χ1v) is 7.21. The third kappa shape index (κ3) is 4.20. The molecular formula is C15H22FN3O. The number of hydrogen-bond donors (Lipinski definition) is 3. The molecule has 4 nitrogen and oxygen atoms in total. The van der Waals surface area contributed by atoms with Gasteiger partial charge in [0.25, 0.3) is 0 Å². The number of rotatable bonds is 4. The van der Waals surface area contributed by atoms with Crippen LogP contribution in [0.5, 0.6) is 0 Å². The molecule has 0 heterocycles. The molecule has 0 atom stereocenters. The van der Waals surface area contributed by atoms with Gasteiger partial charge in [0, 0.05) is 24.7 Å². The van der Waals surface area contributed by atoms with Gasteiger partial charge in [0.15, 0.2) is 0 Å². The van der Waals surface area contributed by atoms with Crippen molar-refractivity contribution < 1.29 is 9.18 Å². The minimum Gasteiger partial charge on any atom is -0.335 e. The zero-order chi connectivity index (χ0) is 14.4. The Bertz CT molecular complexity index is 458. The van der Waals surface area contributed by atoms with Crippen LogP contribution in [0.3, 0.4) is 0 Å². The number of halogens is 1. The maximum absolute atomic E-state index is 13.7. The molecule has 110 valence electrons. The Morgan fingerprint density at radius 2 is 2.05 bits per heavy atom. The van der Waals surface area contributed by atoms with Crippen LogP contribution in [0, 0.1) is 5.82 Å². The van der Waals surface area contributed by atoms with Crippen molar-refractivity contribution in [1.29, 1.82) is 0 Å². The molecule has 2 rings (SSSR count). The van der Waals surface area contributed by atoms with Crippen LogP contribution in [0.2, 0.25) is 0 Å². The van der Waals surface area contributed by atoms with Crippen molar-refractivity contribution in [1.82, 2.24) is 10.6 Å². The van der Waals surface area contributed by atoms with E-state index in [-0.39, 0.29) is 24.4 Å². The van der Waals surface area contributed by atoms with Gasteiger partial charge in [0.2, 0.25) is 0 Å². The molecule has 1 aliphatic rings. The van der Waals surface area contributed by atoms with E-state index in [9.17, 15) is 9.18 Å². The van der Waals surface area contributed by atoms with Gasteiger partial charge >= 0.3 is 6.03 Å².